The number of hydrogen-bond donors (Lipinski definition) is 0. The molecule has 0 amide bonds. The molecule has 0 radical (unpaired) electrons. The highest BCUT2D eigenvalue weighted by Crippen LogP contribution is 2.27. The van der Waals surface area contributed by atoms with E-state index >= 15 is 0 Å². The van der Waals surface area contributed by atoms with Gasteiger partial charge in [-0.05, 0) is 37.5 Å². The van der Waals surface area contributed by atoms with Crippen LogP contribution in [-0.2, 0) is 0 Å². The van der Waals surface area contributed by atoms with Crippen molar-refractivity contribution in [2.75, 3.05) is 19.8 Å². The van der Waals surface area contributed by atoms with Gasteiger partial charge in [0.2, 0.25) is 0 Å². The lowest BCUT2D eigenvalue weighted by Gasteiger charge is -2.30. The minimum absolute atomic E-state index is 0. The molecule has 20 heavy (non-hydrogen) atoms. The molecule has 0 aromatic carbocycles. The van der Waals surface area contributed by atoms with Crippen molar-refractivity contribution in [1.82, 2.24) is 9.80 Å². The van der Waals surface area contributed by atoms with Crippen molar-refractivity contribution in [3.05, 3.63) is 12.4 Å². The van der Waals surface area contributed by atoms with E-state index in [1.807, 2.05) is 0 Å². The van der Waals surface area contributed by atoms with Gasteiger partial charge in [0.1, 0.15) is 0 Å². The van der Waals surface area contributed by atoms with Crippen molar-refractivity contribution in [2.45, 2.75) is 64.2 Å². The predicted molar refractivity (Wildman–Crippen MR) is 84.2 cm³/mol. The largest absolute Gasteiger partial charge is 0.412 e. The fraction of sp³-hybridized carbons (Fsp3) is 0.882. The third-order valence-corrected chi connectivity index (χ3v) is 5.29. The summed E-state index contributed by atoms with van der Waals surface area (Å²) in [5.41, 5.74) is 0. The summed E-state index contributed by atoms with van der Waals surface area (Å²) in [5.74, 6) is 1.93. The molecule has 1 heterocycles. The zero-order valence-electron chi connectivity index (χ0n) is 12.9. The summed E-state index contributed by atoms with van der Waals surface area (Å²) >= 11 is 0. The van der Waals surface area contributed by atoms with Gasteiger partial charge in [0.25, 0.3) is 0 Å². The van der Waals surface area contributed by atoms with Gasteiger partial charge in [-0.3, -0.25) is 0 Å². The molecule has 3 aliphatic rings. The predicted octanol–water partition coefficient (Wildman–Crippen LogP) is 3.37. The average Bonchev–Trinajstić information content (AvgIpc) is 2.88. The van der Waals surface area contributed by atoms with Crippen molar-refractivity contribution in [2.24, 2.45) is 11.8 Å². The van der Waals surface area contributed by atoms with Crippen LogP contribution >= 0.6 is 0 Å². The molecule has 0 aromatic rings. The van der Waals surface area contributed by atoms with Crippen LogP contribution in [0.5, 0.6) is 0 Å². The molecule has 0 spiro atoms. The highest BCUT2D eigenvalue weighted by atomic mass is 16.0. The van der Waals surface area contributed by atoms with Gasteiger partial charge in [-0.1, -0.05) is 38.5 Å². The monoisotopic (exact) mass is 280 g/mol. The molecule has 116 valence electrons. The third kappa shape index (κ3) is 4.41. The second-order valence-corrected chi connectivity index (χ2v) is 6.99. The Morgan fingerprint density at radius 1 is 0.650 bits per heavy atom. The molecule has 1 aliphatic heterocycles. The van der Waals surface area contributed by atoms with Crippen LogP contribution in [-0.4, -0.2) is 35.0 Å². The first-order valence-electron chi connectivity index (χ1n) is 8.56. The summed E-state index contributed by atoms with van der Waals surface area (Å²) in [4.78, 5) is 5.11. The van der Waals surface area contributed by atoms with E-state index in [1.54, 1.807) is 0 Å². The molecule has 3 nitrogen and oxygen atoms in total. The molecule has 2 saturated carbocycles. The lowest BCUT2D eigenvalue weighted by molar-refractivity contribution is 0.185. The average molecular weight is 280 g/mol. The number of rotatable bonds is 4. The summed E-state index contributed by atoms with van der Waals surface area (Å²) in [7, 11) is 0. The molecule has 2 N–H and O–H groups in total. The smallest absolute Gasteiger partial charge is 0.0893 e. The van der Waals surface area contributed by atoms with E-state index < -0.39 is 0 Å². The molecule has 2 fully saturated rings. The maximum atomic E-state index is 2.55. The highest BCUT2D eigenvalue weighted by molar-refractivity contribution is 4.92. The van der Waals surface area contributed by atoms with E-state index in [2.05, 4.69) is 22.2 Å². The molecule has 0 unspecified atom stereocenters. The first-order chi connectivity index (χ1) is 9.40. The third-order valence-electron chi connectivity index (χ3n) is 5.29. The zero-order chi connectivity index (χ0) is 12.9. The molecule has 3 rings (SSSR count). The van der Waals surface area contributed by atoms with Gasteiger partial charge in [-0.2, -0.15) is 0 Å². The summed E-state index contributed by atoms with van der Waals surface area (Å²) in [6.45, 7) is 3.77. The Kier molecular flexibility index (Phi) is 6.21. The van der Waals surface area contributed by atoms with E-state index in [-0.39, 0.29) is 5.48 Å². The van der Waals surface area contributed by atoms with Gasteiger partial charge in [-0.25, -0.2) is 0 Å². The van der Waals surface area contributed by atoms with Crippen molar-refractivity contribution in [1.29, 1.82) is 0 Å². The lowest BCUT2D eigenvalue weighted by atomic mass is 9.89. The lowest BCUT2D eigenvalue weighted by Crippen LogP contribution is -2.33. The molecule has 0 saturated heterocycles. The maximum Gasteiger partial charge on any atom is 0.0893 e. The Balaban J connectivity index is 0.00000147. The number of hydrogen-bond acceptors (Lipinski definition) is 2. The van der Waals surface area contributed by atoms with E-state index in [0.717, 1.165) is 18.5 Å². The normalized spacial score (nSPS) is 25.0. The Morgan fingerprint density at radius 2 is 1.05 bits per heavy atom. The fourth-order valence-electron chi connectivity index (χ4n) is 4.16. The van der Waals surface area contributed by atoms with Crippen molar-refractivity contribution >= 4 is 0 Å². The Morgan fingerprint density at radius 3 is 1.45 bits per heavy atom. The van der Waals surface area contributed by atoms with Gasteiger partial charge < -0.3 is 15.3 Å². The second-order valence-electron chi connectivity index (χ2n) is 6.99. The van der Waals surface area contributed by atoms with Crippen molar-refractivity contribution < 1.29 is 5.48 Å². The quantitative estimate of drug-likeness (QED) is 0.792. The molecular weight excluding hydrogens is 248 g/mol. The van der Waals surface area contributed by atoms with Gasteiger partial charge in [-0.15, -0.1) is 0 Å². The van der Waals surface area contributed by atoms with Crippen LogP contribution < -0.4 is 0 Å². The van der Waals surface area contributed by atoms with Gasteiger partial charge in [0.15, 0.2) is 0 Å². The highest BCUT2D eigenvalue weighted by Gasteiger charge is 2.21. The van der Waals surface area contributed by atoms with E-state index in [9.17, 15) is 0 Å². The van der Waals surface area contributed by atoms with Gasteiger partial charge >= 0.3 is 0 Å². The van der Waals surface area contributed by atoms with E-state index in [0.29, 0.717) is 0 Å². The van der Waals surface area contributed by atoms with E-state index in [4.69, 9.17) is 0 Å². The summed E-state index contributed by atoms with van der Waals surface area (Å²) < 4.78 is 0. The first-order valence-corrected chi connectivity index (χ1v) is 8.56. The SMILES string of the molecule is C1=CN(CC2CCCCC2)CN1CC1CCCCC1.O. The minimum Gasteiger partial charge on any atom is -0.412 e. The van der Waals surface area contributed by atoms with Crippen molar-refractivity contribution in [3.63, 3.8) is 0 Å². The number of nitrogens with zero attached hydrogens (tertiary/aromatic N) is 2. The topological polar surface area (TPSA) is 38.0 Å². The molecule has 3 heteroatoms. The Bertz CT molecular complexity index is 265. The first kappa shape index (κ1) is 15.7. The van der Waals surface area contributed by atoms with Crippen LogP contribution in [0.25, 0.3) is 0 Å². The van der Waals surface area contributed by atoms with Crippen LogP contribution in [0.4, 0.5) is 0 Å². The second kappa shape index (κ2) is 7.92. The van der Waals surface area contributed by atoms with Crippen LogP contribution in [0.15, 0.2) is 12.4 Å². The Labute approximate surface area is 124 Å². The van der Waals surface area contributed by atoms with Crippen LogP contribution in [0.2, 0.25) is 0 Å². The molecule has 0 aromatic heterocycles. The summed E-state index contributed by atoms with van der Waals surface area (Å²) in [5, 5.41) is 0. The maximum absolute atomic E-state index is 2.55. The fourth-order valence-corrected chi connectivity index (χ4v) is 4.16. The molecular formula is C17H32N2O. The van der Waals surface area contributed by atoms with Gasteiger partial charge in [0.05, 0.1) is 6.67 Å². The van der Waals surface area contributed by atoms with Crippen molar-refractivity contribution in [3.8, 4) is 0 Å². The van der Waals surface area contributed by atoms with Gasteiger partial charge in [0, 0.05) is 25.5 Å². The van der Waals surface area contributed by atoms with Crippen LogP contribution in [0.1, 0.15) is 64.2 Å². The summed E-state index contributed by atoms with van der Waals surface area (Å²) in [6, 6.07) is 0. The van der Waals surface area contributed by atoms with Crippen LogP contribution in [0, 0.1) is 11.8 Å². The van der Waals surface area contributed by atoms with E-state index in [1.165, 1.54) is 77.3 Å². The zero-order valence-corrected chi connectivity index (χ0v) is 12.9. The molecule has 0 bridgehead atoms. The molecule has 2 aliphatic carbocycles. The summed E-state index contributed by atoms with van der Waals surface area (Å²) in [6.07, 6.45) is 19.4. The van der Waals surface area contributed by atoms with Crippen LogP contribution in [0.3, 0.4) is 0 Å². The minimum atomic E-state index is 0. The Hall–Kier alpha value is -0.700. The molecule has 0 atom stereocenters. The standard InChI is InChI=1S/C17H30N2.H2O/c1-3-7-16(8-4-1)13-18-11-12-19(15-18)14-17-9-5-2-6-10-17;/h11-12,16-17H,1-10,13-15H2;1H2.